The minimum Gasteiger partial charge on any atom is -0.458 e. The van der Waals surface area contributed by atoms with Gasteiger partial charge in [-0.15, -0.1) is 0 Å². The van der Waals surface area contributed by atoms with Crippen LogP contribution in [0.4, 0.5) is 85.3 Å². The van der Waals surface area contributed by atoms with Crippen molar-refractivity contribution >= 4 is 132 Å². The maximum absolute atomic E-state index is 7.23. The van der Waals surface area contributed by atoms with Crippen LogP contribution in [0.15, 0.2) is 261 Å². The molecule has 7 aliphatic rings. The molecule has 19 rings (SSSR count). The van der Waals surface area contributed by atoms with Gasteiger partial charge >= 0.3 is 0 Å². The van der Waals surface area contributed by atoms with E-state index < -0.39 is 0 Å². The first kappa shape index (κ1) is 44.8. The van der Waals surface area contributed by atoms with Gasteiger partial charge in [-0.05, 0) is 154 Å². The average molecular weight is 1060 g/mol. The van der Waals surface area contributed by atoms with Crippen molar-refractivity contribution < 1.29 is 18.9 Å². The summed E-state index contributed by atoms with van der Waals surface area (Å²) in [6.45, 7) is -0.415. The third-order valence-corrected chi connectivity index (χ3v) is 17.6. The summed E-state index contributed by atoms with van der Waals surface area (Å²) in [4.78, 5) is 12.2. The molecule has 0 bridgehead atoms. The third kappa shape index (κ3) is 6.22. The zero-order valence-corrected chi connectivity index (χ0v) is 44.3. The lowest BCUT2D eigenvalue weighted by molar-refractivity contribution is 0.476. The molecule has 11 heteroatoms. The molecule has 0 aliphatic carbocycles. The molecule has 7 heterocycles. The summed E-state index contributed by atoms with van der Waals surface area (Å²) in [6, 6.07) is 93.1. The summed E-state index contributed by atoms with van der Waals surface area (Å²) < 4.78 is 27.5. The largest absolute Gasteiger partial charge is 0.458 e. The molecule has 7 aliphatic heterocycles. The Labute approximate surface area is 479 Å². The number of hydrogen-bond donors (Lipinski definition) is 0. The summed E-state index contributed by atoms with van der Waals surface area (Å²) >= 11 is 0. The molecule has 0 atom stereocenters. The molecule has 386 valence electrons. The van der Waals surface area contributed by atoms with Gasteiger partial charge in [-0.25, -0.2) is 0 Å². The van der Waals surface area contributed by atoms with Crippen LogP contribution in [-0.4, -0.2) is 13.4 Å². The summed E-state index contributed by atoms with van der Waals surface area (Å²) in [5.41, 5.74) is 22.2. The number of para-hydroxylation sites is 14. The van der Waals surface area contributed by atoms with E-state index in [1.165, 1.54) is 21.9 Å². The number of nitrogens with zero attached hydrogens (tertiary/aromatic N) is 5. The van der Waals surface area contributed by atoms with Crippen LogP contribution < -0.4 is 76.2 Å². The van der Waals surface area contributed by atoms with E-state index in [0.29, 0.717) is 0 Å². The van der Waals surface area contributed by atoms with Crippen molar-refractivity contribution in [1.29, 1.82) is 0 Å². The van der Waals surface area contributed by atoms with Gasteiger partial charge in [0.1, 0.15) is 11.5 Å². The van der Waals surface area contributed by atoms with E-state index in [0.717, 1.165) is 142 Å². The molecule has 0 unspecified atom stereocenters. The molecule has 0 saturated heterocycles. The molecule has 0 saturated carbocycles. The Hall–Kier alpha value is -11.0. The highest BCUT2D eigenvalue weighted by atomic mass is 16.5. The number of anilines is 15. The Morgan fingerprint density at radius 2 is 0.566 bits per heavy atom. The van der Waals surface area contributed by atoms with E-state index in [9.17, 15) is 0 Å². The highest BCUT2D eigenvalue weighted by Crippen LogP contribution is 2.58. The van der Waals surface area contributed by atoms with Crippen LogP contribution in [0, 0.1) is 0 Å². The minimum atomic E-state index is -0.219. The van der Waals surface area contributed by atoms with Gasteiger partial charge in [0.25, 0.3) is 13.4 Å². The molecular formula is C72H43B2N5O4. The molecule has 0 fully saturated rings. The van der Waals surface area contributed by atoms with Crippen LogP contribution >= 0.6 is 0 Å². The molecule has 0 aromatic heterocycles. The van der Waals surface area contributed by atoms with Crippen LogP contribution in [0.3, 0.4) is 0 Å². The minimum absolute atomic E-state index is 0.196. The van der Waals surface area contributed by atoms with Crippen LogP contribution in [-0.2, 0) is 0 Å². The zero-order valence-electron chi connectivity index (χ0n) is 44.3. The van der Waals surface area contributed by atoms with Crippen LogP contribution in [0.2, 0.25) is 0 Å². The molecule has 0 N–H and O–H groups in total. The normalized spacial score (nSPS) is 14.2. The van der Waals surface area contributed by atoms with Gasteiger partial charge in [0.05, 0.1) is 45.5 Å². The summed E-state index contributed by atoms with van der Waals surface area (Å²) in [6.07, 6.45) is 0. The predicted octanol–water partition coefficient (Wildman–Crippen LogP) is 15.4. The quantitative estimate of drug-likeness (QED) is 0.160. The lowest BCUT2D eigenvalue weighted by atomic mass is 9.30. The Kier molecular flexibility index (Phi) is 9.04. The fourth-order valence-electron chi connectivity index (χ4n) is 14.3. The van der Waals surface area contributed by atoms with Crippen LogP contribution in [0.5, 0.6) is 46.0 Å². The van der Waals surface area contributed by atoms with E-state index in [1.54, 1.807) is 0 Å². The van der Waals surface area contributed by atoms with Crippen molar-refractivity contribution in [3.05, 3.63) is 261 Å². The van der Waals surface area contributed by atoms with Gasteiger partial charge in [0.15, 0.2) is 34.5 Å². The molecule has 0 spiro atoms. The Morgan fingerprint density at radius 1 is 0.205 bits per heavy atom. The average Bonchev–Trinajstić information content (AvgIpc) is 1.98. The zero-order chi connectivity index (χ0) is 54.0. The fourth-order valence-corrected chi connectivity index (χ4v) is 14.3. The molecule has 9 nitrogen and oxygen atoms in total. The Balaban J connectivity index is 0.920. The monoisotopic (exact) mass is 1060 g/mol. The first-order chi connectivity index (χ1) is 41.2. The highest BCUT2D eigenvalue weighted by molar-refractivity contribution is 7.02. The van der Waals surface area contributed by atoms with Crippen LogP contribution in [0.1, 0.15) is 0 Å². The second-order valence-electron chi connectivity index (χ2n) is 21.9. The third-order valence-electron chi connectivity index (χ3n) is 17.6. The summed E-state index contributed by atoms with van der Waals surface area (Å²) in [5.74, 6) is 6.43. The van der Waals surface area contributed by atoms with Gasteiger partial charge in [-0.1, -0.05) is 133 Å². The molecule has 0 radical (unpaired) electrons. The molecular weight excluding hydrogens is 1020 g/mol. The summed E-state index contributed by atoms with van der Waals surface area (Å²) in [5, 5.41) is 0. The Bertz CT molecular complexity index is 4700. The smallest absolute Gasteiger partial charge is 0.256 e. The van der Waals surface area contributed by atoms with Crippen molar-refractivity contribution in [3.8, 4) is 46.0 Å². The second-order valence-corrected chi connectivity index (χ2v) is 21.9. The van der Waals surface area contributed by atoms with Gasteiger partial charge in [-0.3, -0.25) is 0 Å². The maximum Gasteiger partial charge on any atom is 0.256 e. The predicted molar refractivity (Wildman–Crippen MR) is 336 cm³/mol. The van der Waals surface area contributed by atoms with Gasteiger partial charge in [0, 0.05) is 45.9 Å². The SMILES string of the molecule is c1ccc(N2c3cc4c(cc3B3c5ccccc5Oc5cc(N6c7ccccc7Oc7ccccc76)cc2c53)B2c3cccc5c3N(c3ccccc3O5)c3cc(N5c6ccccc6Oc6ccccc65)cc(c32)N4c2ccccc2)cc1. The highest BCUT2D eigenvalue weighted by Gasteiger charge is 2.50. The molecule has 12 aromatic carbocycles. The van der Waals surface area contributed by atoms with Crippen molar-refractivity contribution in [2.45, 2.75) is 0 Å². The first-order valence-corrected chi connectivity index (χ1v) is 28.2. The van der Waals surface area contributed by atoms with Crippen molar-refractivity contribution in [2.75, 3.05) is 24.5 Å². The van der Waals surface area contributed by atoms with E-state index in [4.69, 9.17) is 18.9 Å². The van der Waals surface area contributed by atoms with E-state index in [1.807, 2.05) is 36.4 Å². The number of hydrogen-bond acceptors (Lipinski definition) is 9. The molecule has 83 heavy (non-hydrogen) atoms. The number of rotatable bonds is 4. The van der Waals surface area contributed by atoms with Gasteiger partial charge in [0.2, 0.25) is 0 Å². The molecule has 12 aromatic rings. The van der Waals surface area contributed by atoms with E-state index >= 15 is 0 Å². The number of ether oxygens (including phenoxy) is 4. The molecule has 0 amide bonds. The standard InChI is InChI=1S/C72H43B2N5O4/c1-3-20-44(21-4-1)75-58-43-57-50(73-48-24-7-13-31-62(48)80-69-41-47(40-61(71(69)73)76(57)45-22-5-2-6-23-45)78-54-28-10-16-34-65(54)82-66-35-17-11-29-55(66)78)42-51(58)74-49-25-19-37-68-72(49)79(56-30-12-18-36-67(56)83-68)60-39-46(38-59(75)70(60)74)77-52-26-8-14-32-63(52)81-64-33-15-9-27-53(64)77/h1-43H. The van der Waals surface area contributed by atoms with Crippen molar-refractivity contribution in [2.24, 2.45) is 0 Å². The van der Waals surface area contributed by atoms with Gasteiger partial charge in [-0.2, -0.15) is 0 Å². The lowest BCUT2D eigenvalue weighted by Crippen LogP contribution is -2.64. The van der Waals surface area contributed by atoms with Crippen LogP contribution in [0.25, 0.3) is 0 Å². The fraction of sp³-hybridized carbons (Fsp3) is 0. The second kappa shape index (κ2) is 16.8. The van der Waals surface area contributed by atoms with E-state index in [2.05, 4.69) is 249 Å². The summed E-state index contributed by atoms with van der Waals surface area (Å²) in [7, 11) is 0. The lowest BCUT2D eigenvalue weighted by Gasteiger charge is -2.48. The number of fused-ring (bicyclic) bond motifs is 14. The Morgan fingerprint density at radius 3 is 1.10 bits per heavy atom. The number of benzene rings is 12. The topological polar surface area (TPSA) is 53.1 Å². The maximum atomic E-state index is 7.23. The first-order valence-electron chi connectivity index (χ1n) is 28.2. The van der Waals surface area contributed by atoms with Crippen molar-refractivity contribution in [1.82, 2.24) is 0 Å². The van der Waals surface area contributed by atoms with E-state index in [-0.39, 0.29) is 13.4 Å². The van der Waals surface area contributed by atoms with Crippen molar-refractivity contribution in [3.63, 3.8) is 0 Å². The van der Waals surface area contributed by atoms with Gasteiger partial charge < -0.3 is 43.4 Å².